The number of hydrogen-bond donors (Lipinski definition) is 1. The summed E-state index contributed by atoms with van der Waals surface area (Å²) in [4.78, 5) is 3.97. The van der Waals surface area contributed by atoms with E-state index in [-0.39, 0.29) is 5.03 Å². The van der Waals surface area contributed by atoms with Gasteiger partial charge >= 0.3 is 0 Å². The van der Waals surface area contributed by atoms with E-state index in [1.165, 1.54) is 12.3 Å². The molecule has 0 saturated carbocycles. The molecule has 0 fully saturated rings. The quantitative estimate of drug-likeness (QED) is 0.737. The number of pyridine rings is 1. The van der Waals surface area contributed by atoms with E-state index in [4.69, 9.17) is 0 Å². The Morgan fingerprint density at radius 1 is 1.22 bits per heavy atom. The number of hydrogen-bond acceptors (Lipinski definition) is 4. The number of rotatable bonds is 4. The van der Waals surface area contributed by atoms with Crippen molar-refractivity contribution >= 4 is 42.5 Å². The standard InChI is InChI=1S/C15H15BrN4O2S/c1-3-10-4-5-11-8-18-20(2)15(11)14(10)19-23(21,22)13-7-6-12(16)9-17-13/h4-9,19H,3H2,1-2H3. The molecule has 3 aromatic rings. The van der Waals surface area contributed by atoms with Crippen molar-refractivity contribution in [2.24, 2.45) is 7.05 Å². The molecule has 0 atom stereocenters. The van der Waals surface area contributed by atoms with Crippen LogP contribution in [0.25, 0.3) is 10.9 Å². The third-order valence-corrected chi connectivity index (χ3v) is 5.32. The summed E-state index contributed by atoms with van der Waals surface area (Å²) in [5.74, 6) is 0. The number of aromatic nitrogens is 3. The van der Waals surface area contributed by atoms with Crippen LogP contribution in [0.15, 0.2) is 46.2 Å². The molecule has 0 radical (unpaired) electrons. The summed E-state index contributed by atoms with van der Waals surface area (Å²) in [5.41, 5.74) is 2.21. The van der Waals surface area contributed by atoms with Gasteiger partial charge in [-0.2, -0.15) is 13.5 Å². The number of nitrogens with one attached hydrogen (secondary N) is 1. The topological polar surface area (TPSA) is 76.9 Å². The molecular formula is C15H15BrN4O2S. The Morgan fingerprint density at radius 2 is 2.00 bits per heavy atom. The molecule has 0 aliphatic rings. The first-order valence-corrected chi connectivity index (χ1v) is 9.28. The number of halogens is 1. The maximum absolute atomic E-state index is 12.6. The lowest BCUT2D eigenvalue weighted by Crippen LogP contribution is -2.16. The Bertz CT molecular complexity index is 965. The number of fused-ring (bicyclic) bond motifs is 1. The van der Waals surface area contributed by atoms with E-state index in [1.54, 1.807) is 24.0 Å². The highest BCUT2D eigenvalue weighted by molar-refractivity contribution is 9.10. The summed E-state index contributed by atoms with van der Waals surface area (Å²) in [6.07, 6.45) is 3.87. The molecule has 2 heterocycles. The number of sulfonamides is 1. The number of nitrogens with zero attached hydrogens (tertiary/aromatic N) is 3. The van der Waals surface area contributed by atoms with E-state index >= 15 is 0 Å². The van der Waals surface area contributed by atoms with Crippen LogP contribution >= 0.6 is 15.9 Å². The third kappa shape index (κ3) is 2.96. The second kappa shape index (κ2) is 5.93. The molecule has 0 saturated heterocycles. The molecule has 23 heavy (non-hydrogen) atoms. The van der Waals surface area contributed by atoms with Gasteiger partial charge in [0, 0.05) is 23.1 Å². The molecule has 0 spiro atoms. The van der Waals surface area contributed by atoms with E-state index in [0.29, 0.717) is 12.1 Å². The van der Waals surface area contributed by atoms with Crippen LogP contribution in [0.1, 0.15) is 12.5 Å². The monoisotopic (exact) mass is 394 g/mol. The van der Waals surface area contributed by atoms with E-state index < -0.39 is 10.0 Å². The first kappa shape index (κ1) is 15.9. The fourth-order valence-electron chi connectivity index (χ4n) is 2.42. The van der Waals surface area contributed by atoms with Crippen molar-refractivity contribution in [1.82, 2.24) is 14.8 Å². The van der Waals surface area contributed by atoms with Gasteiger partial charge in [-0.05, 0) is 40.0 Å². The second-order valence-electron chi connectivity index (χ2n) is 5.08. The highest BCUT2D eigenvalue weighted by Gasteiger charge is 2.20. The SMILES string of the molecule is CCc1ccc2cnn(C)c2c1NS(=O)(=O)c1ccc(Br)cn1. The summed E-state index contributed by atoms with van der Waals surface area (Å²) in [5, 5.41) is 5.06. The first-order chi connectivity index (χ1) is 10.9. The van der Waals surface area contributed by atoms with Crippen LogP contribution in [0.4, 0.5) is 5.69 Å². The zero-order valence-electron chi connectivity index (χ0n) is 12.6. The zero-order chi connectivity index (χ0) is 16.6. The van der Waals surface area contributed by atoms with Crippen LogP contribution in [0.3, 0.4) is 0 Å². The molecule has 1 N–H and O–H groups in total. The van der Waals surface area contributed by atoms with E-state index in [1.807, 2.05) is 19.1 Å². The van der Waals surface area contributed by atoms with Crippen molar-refractivity contribution in [3.63, 3.8) is 0 Å². The van der Waals surface area contributed by atoms with Gasteiger partial charge in [0.05, 0.1) is 17.4 Å². The predicted octanol–water partition coefficient (Wildman–Crippen LogP) is 3.09. The third-order valence-electron chi connectivity index (χ3n) is 3.58. The molecule has 0 bridgehead atoms. The number of benzene rings is 1. The Morgan fingerprint density at radius 3 is 2.65 bits per heavy atom. The van der Waals surface area contributed by atoms with E-state index in [2.05, 4.69) is 30.7 Å². The van der Waals surface area contributed by atoms with Gasteiger partial charge in [0.2, 0.25) is 0 Å². The average molecular weight is 395 g/mol. The lowest BCUT2D eigenvalue weighted by atomic mass is 10.1. The largest absolute Gasteiger partial charge is 0.279 e. The Kier molecular flexibility index (Phi) is 4.11. The summed E-state index contributed by atoms with van der Waals surface area (Å²) in [6, 6.07) is 6.96. The highest BCUT2D eigenvalue weighted by atomic mass is 79.9. The smallest absolute Gasteiger partial charge is 0.276 e. The van der Waals surface area contributed by atoms with Crippen molar-refractivity contribution in [2.75, 3.05) is 4.72 Å². The number of aryl methyl sites for hydroxylation is 2. The summed E-state index contributed by atoms with van der Waals surface area (Å²) >= 11 is 3.25. The Hall–Kier alpha value is -1.93. The second-order valence-corrected chi connectivity index (χ2v) is 7.62. The van der Waals surface area contributed by atoms with Gasteiger partial charge in [-0.3, -0.25) is 9.40 Å². The minimum Gasteiger partial charge on any atom is -0.276 e. The van der Waals surface area contributed by atoms with E-state index in [0.717, 1.165) is 20.9 Å². The fraction of sp³-hybridized carbons (Fsp3) is 0.200. The van der Waals surface area contributed by atoms with Crippen LogP contribution in [0.2, 0.25) is 0 Å². The molecule has 3 rings (SSSR count). The zero-order valence-corrected chi connectivity index (χ0v) is 15.0. The van der Waals surface area contributed by atoms with Crippen molar-refractivity contribution in [1.29, 1.82) is 0 Å². The van der Waals surface area contributed by atoms with Crippen LogP contribution in [-0.4, -0.2) is 23.2 Å². The maximum atomic E-state index is 12.6. The van der Waals surface area contributed by atoms with Gasteiger partial charge in [0.15, 0.2) is 5.03 Å². The van der Waals surface area contributed by atoms with Crippen molar-refractivity contribution in [3.05, 3.63) is 46.7 Å². The van der Waals surface area contributed by atoms with Gasteiger partial charge in [-0.1, -0.05) is 19.1 Å². The minimum absolute atomic E-state index is 0.0260. The van der Waals surface area contributed by atoms with Crippen molar-refractivity contribution in [2.45, 2.75) is 18.4 Å². The van der Waals surface area contributed by atoms with Gasteiger partial charge in [0.1, 0.15) is 0 Å². The normalized spacial score (nSPS) is 11.8. The highest BCUT2D eigenvalue weighted by Crippen LogP contribution is 2.29. The molecule has 120 valence electrons. The number of anilines is 1. The van der Waals surface area contributed by atoms with Gasteiger partial charge < -0.3 is 0 Å². The van der Waals surface area contributed by atoms with E-state index in [9.17, 15) is 8.42 Å². The van der Waals surface area contributed by atoms with Gasteiger partial charge in [0.25, 0.3) is 10.0 Å². The lowest BCUT2D eigenvalue weighted by molar-refractivity contribution is 0.597. The molecule has 0 aliphatic carbocycles. The Balaban J connectivity index is 2.13. The van der Waals surface area contributed by atoms with Gasteiger partial charge in [-0.25, -0.2) is 4.98 Å². The average Bonchev–Trinajstić information content (AvgIpc) is 2.89. The predicted molar refractivity (Wildman–Crippen MR) is 92.8 cm³/mol. The molecule has 8 heteroatoms. The van der Waals surface area contributed by atoms with Crippen molar-refractivity contribution < 1.29 is 8.42 Å². The molecule has 0 aliphatic heterocycles. The minimum atomic E-state index is -3.77. The summed E-state index contributed by atoms with van der Waals surface area (Å²) in [6.45, 7) is 1.98. The van der Waals surface area contributed by atoms with Crippen LogP contribution < -0.4 is 4.72 Å². The lowest BCUT2D eigenvalue weighted by Gasteiger charge is -2.13. The van der Waals surface area contributed by atoms with Crippen LogP contribution in [0.5, 0.6) is 0 Å². The molecule has 6 nitrogen and oxygen atoms in total. The molecule has 0 amide bonds. The summed E-state index contributed by atoms with van der Waals surface area (Å²) in [7, 11) is -1.98. The molecular weight excluding hydrogens is 380 g/mol. The molecule has 1 aromatic carbocycles. The van der Waals surface area contributed by atoms with Crippen molar-refractivity contribution in [3.8, 4) is 0 Å². The molecule has 0 unspecified atom stereocenters. The molecule has 2 aromatic heterocycles. The summed E-state index contributed by atoms with van der Waals surface area (Å²) < 4.78 is 30.3. The maximum Gasteiger partial charge on any atom is 0.279 e. The first-order valence-electron chi connectivity index (χ1n) is 7.00. The van der Waals surface area contributed by atoms with Crippen LogP contribution in [0, 0.1) is 0 Å². The Labute approximate surface area is 142 Å². The van der Waals surface area contributed by atoms with Crippen LogP contribution in [-0.2, 0) is 23.5 Å². The fourth-order valence-corrected chi connectivity index (χ4v) is 3.70. The van der Waals surface area contributed by atoms with Gasteiger partial charge in [-0.15, -0.1) is 0 Å².